The van der Waals surface area contributed by atoms with Crippen LogP contribution >= 0.6 is 0 Å². The van der Waals surface area contributed by atoms with Gasteiger partial charge in [-0.2, -0.15) is 0 Å². The fraction of sp³-hybridized carbons (Fsp3) is 0.625. The third kappa shape index (κ3) is 2.51. The fourth-order valence-electron chi connectivity index (χ4n) is 3.30. The first kappa shape index (κ1) is 13.4. The summed E-state index contributed by atoms with van der Waals surface area (Å²) in [4.78, 5) is 21.5. The van der Waals surface area contributed by atoms with E-state index >= 15 is 0 Å². The molecule has 0 bridgehead atoms. The Hall–Kier alpha value is -1.58. The molecule has 0 unspecified atom stereocenters. The van der Waals surface area contributed by atoms with E-state index in [4.69, 9.17) is 0 Å². The number of piperidine rings is 1. The summed E-state index contributed by atoms with van der Waals surface area (Å²) >= 11 is 0. The molecule has 0 N–H and O–H groups in total. The number of pyridine rings is 1. The Labute approximate surface area is 120 Å². The summed E-state index contributed by atoms with van der Waals surface area (Å²) in [6.07, 6.45) is 7.71. The highest BCUT2D eigenvalue weighted by Crippen LogP contribution is 2.27. The minimum atomic E-state index is 0.156. The second-order valence-electron chi connectivity index (χ2n) is 5.91. The van der Waals surface area contributed by atoms with Crippen molar-refractivity contribution >= 4 is 11.7 Å². The van der Waals surface area contributed by atoms with E-state index in [0.717, 1.165) is 43.9 Å². The van der Waals surface area contributed by atoms with Crippen molar-refractivity contribution in [2.45, 2.75) is 45.1 Å². The lowest BCUT2D eigenvalue weighted by molar-refractivity contribution is 0.0793. The van der Waals surface area contributed by atoms with E-state index in [1.54, 1.807) is 6.20 Å². The van der Waals surface area contributed by atoms with Crippen LogP contribution < -0.4 is 4.90 Å². The number of carbonyl (C=O) groups is 1. The van der Waals surface area contributed by atoms with Crippen LogP contribution in [0.3, 0.4) is 0 Å². The molecule has 4 heteroatoms. The SMILES string of the molecule is C[C@H]1CCCCN1c1ncccc1C(=O)N1CCCC1. The number of carbonyl (C=O) groups excluding carboxylic acids is 1. The molecule has 108 valence electrons. The van der Waals surface area contributed by atoms with Gasteiger partial charge in [0.2, 0.25) is 0 Å². The van der Waals surface area contributed by atoms with Crippen LogP contribution in [-0.2, 0) is 0 Å². The maximum atomic E-state index is 12.7. The van der Waals surface area contributed by atoms with Gasteiger partial charge in [-0.25, -0.2) is 4.98 Å². The molecule has 0 saturated carbocycles. The number of anilines is 1. The largest absolute Gasteiger partial charge is 0.353 e. The van der Waals surface area contributed by atoms with Crippen LogP contribution in [0.2, 0.25) is 0 Å². The van der Waals surface area contributed by atoms with Crippen molar-refractivity contribution < 1.29 is 4.79 Å². The van der Waals surface area contributed by atoms with E-state index in [1.807, 2.05) is 17.0 Å². The monoisotopic (exact) mass is 273 g/mol. The Bertz CT molecular complexity index is 482. The van der Waals surface area contributed by atoms with E-state index in [1.165, 1.54) is 19.3 Å². The molecule has 1 amide bonds. The Morgan fingerprint density at radius 2 is 1.95 bits per heavy atom. The highest BCUT2D eigenvalue weighted by Gasteiger charge is 2.27. The zero-order chi connectivity index (χ0) is 13.9. The maximum Gasteiger partial charge on any atom is 0.257 e. The number of hydrogen-bond acceptors (Lipinski definition) is 3. The predicted octanol–water partition coefficient (Wildman–Crippen LogP) is 2.70. The van der Waals surface area contributed by atoms with Gasteiger partial charge >= 0.3 is 0 Å². The number of nitrogens with zero attached hydrogens (tertiary/aromatic N) is 3. The first-order valence-electron chi connectivity index (χ1n) is 7.78. The summed E-state index contributed by atoms with van der Waals surface area (Å²) in [5, 5.41) is 0. The van der Waals surface area contributed by atoms with Gasteiger partial charge in [-0.15, -0.1) is 0 Å². The zero-order valence-corrected chi connectivity index (χ0v) is 12.2. The highest BCUT2D eigenvalue weighted by molar-refractivity contribution is 5.99. The Morgan fingerprint density at radius 1 is 1.20 bits per heavy atom. The molecule has 0 spiro atoms. The molecule has 2 aliphatic heterocycles. The van der Waals surface area contributed by atoms with Gasteiger partial charge in [-0.3, -0.25) is 4.79 Å². The van der Waals surface area contributed by atoms with Crippen LogP contribution in [-0.4, -0.2) is 41.5 Å². The van der Waals surface area contributed by atoms with Crippen molar-refractivity contribution in [3.8, 4) is 0 Å². The normalized spacial score (nSPS) is 23.1. The Kier molecular flexibility index (Phi) is 3.90. The number of aromatic nitrogens is 1. The molecule has 0 radical (unpaired) electrons. The summed E-state index contributed by atoms with van der Waals surface area (Å²) < 4.78 is 0. The number of hydrogen-bond donors (Lipinski definition) is 0. The molecule has 3 heterocycles. The topological polar surface area (TPSA) is 36.4 Å². The number of amides is 1. The lowest BCUT2D eigenvalue weighted by atomic mass is 10.0. The van der Waals surface area contributed by atoms with Crippen LogP contribution in [0.4, 0.5) is 5.82 Å². The maximum absolute atomic E-state index is 12.7. The molecule has 0 aliphatic carbocycles. The zero-order valence-electron chi connectivity index (χ0n) is 12.2. The van der Waals surface area contributed by atoms with E-state index in [0.29, 0.717) is 6.04 Å². The molecule has 2 saturated heterocycles. The van der Waals surface area contributed by atoms with E-state index in [9.17, 15) is 4.79 Å². The van der Waals surface area contributed by atoms with E-state index in [-0.39, 0.29) is 5.91 Å². The van der Waals surface area contributed by atoms with Gasteiger partial charge in [0, 0.05) is 31.9 Å². The summed E-state index contributed by atoms with van der Waals surface area (Å²) in [6.45, 7) is 5.03. The van der Waals surface area contributed by atoms with Crippen molar-refractivity contribution in [2.24, 2.45) is 0 Å². The summed E-state index contributed by atoms with van der Waals surface area (Å²) in [6, 6.07) is 4.29. The first-order valence-corrected chi connectivity index (χ1v) is 7.78. The van der Waals surface area contributed by atoms with Crippen LogP contribution in [0.1, 0.15) is 49.4 Å². The van der Waals surface area contributed by atoms with Gasteiger partial charge in [0.05, 0.1) is 5.56 Å². The average Bonchev–Trinajstić information content (AvgIpc) is 3.01. The van der Waals surface area contributed by atoms with Crippen molar-refractivity contribution in [3.05, 3.63) is 23.9 Å². The molecule has 20 heavy (non-hydrogen) atoms. The molecule has 1 aromatic heterocycles. The van der Waals surface area contributed by atoms with Crippen LogP contribution in [0.15, 0.2) is 18.3 Å². The van der Waals surface area contributed by atoms with Crippen molar-refractivity contribution in [2.75, 3.05) is 24.5 Å². The smallest absolute Gasteiger partial charge is 0.257 e. The molecule has 0 aromatic carbocycles. The van der Waals surface area contributed by atoms with Gasteiger partial charge in [0.25, 0.3) is 5.91 Å². The lowest BCUT2D eigenvalue weighted by Gasteiger charge is -2.35. The van der Waals surface area contributed by atoms with Gasteiger partial charge < -0.3 is 9.80 Å². The van der Waals surface area contributed by atoms with Gasteiger partial charge in [-0.05, 0) is 51.2 Å². The Balaban J connectivity index is 1.89. The van der Waals surface area contributed by atoms with E-state index in [2.05, 4.69) is 16.8 Å². The second kappa shape index (κ2) is 5.81. The average molecular weight is 273 g/mol. The minimum Gasteiger partial charge on any atom is -0.353 e. The number of rotatable bonds is 2. The second-order valence-corrected chi connectivity index (χ2v) is 5.91. The third-order valence-corrected chi connectivity index (χ3v) is 4.49. The number of likely N-dealkylation sites (tertiary alicyclic amines) is 1. The summed E-state index contributed by atoms with van der Waals surface area (Å²) in [5.74, 6) is 1.04. The molecule has 2 aliphatic rings. The molecule has 2 fully saturated rings. The lowest BCUT2D eigenvalue weighted by Crippen LogP contribution is -2.40. The standard InChI is InChI=1S/C16H23N3O/c1-13-7-2-3-12-19(13)15-14(8-6-9-17-15)16(20)18-10-4-5-11-18/h6,8-9,13H,2-5,7,10-12H2,1H3/t13-/m0/s1. The van der Waals surface area contributed by atoms with Gasteiger partial charge in [0.1, 0.15) is 5.82 Å². The van der Waals surface area contributed by atoms with Gasteiger partial charge in [-0.1, -0.05) is 0 Å². The fourth-order valence-corrected chi connectivity index (χ4v) is 3.30. The molecule has 4 nitrogen and oxygen atoms in total. The molecular formula is C16H23N3O. The quantitative estimate of drug-likeness (QED) is 0.831. The van der Waals surface area contributed by atoms with E-state index < -0.39 is 0 Å². The minimum absolute atomic E-state index is 0.156. The molecule has 1 atom stereocenters. The Morgan fingerprint density at radius 3 is 2.70 bits per heavy atom. The van der Waals surface area contributed by atoms with Crippen LogP contribution in [0.25, 0.3) is 0 Å². The summed E-state index contributed by atoms with van der Waals surface area (Å²) in [7, 11) is 0. The third-order valence-electron chi connectivity index (χ3n) is 4.49. The van der Waals surface area contributed by atoms with Crippen molar-refractivity contribution in [1.29, 1.82) is 0 Å². The summed E-state index contributed by atoms with van der Waals surface area (Å²) in [5.41, 5.74) is 0.781. The highest BCUT2D eigenvalue weighted by atomic mass is 16.2. The van der Waals surface area contributed by atoms with Crippen molar-refractivity contribution in [1.82, 2.24) is 9.88 Å². The molecule has 3 rings (SSSR count). The molecule has 1 aromatic rings. The van der Waals surface area contributed by atoms with Crippen LogP contribution in [0.5, 0.6) is 0 Å². The van der Waals surface area contributed by atoms with Crippen molar-refractivity contribution in [3.63, 3.8) is 0 Å². The van der Waals surface area contributed by atoms with Gasteiger partial charge in [0.15, 0.2) is 0 Å². The molecular weight excluding hydrogens is 250 g/mol. The predicted molar refractivity (Wildman–Crippen MR) is 80.0 cm³/mol. The van der Waals surface area contributed by atoms with Crippen LogP contribution in [0, 0.1) is 0 Å². The first-order chi connectivity index (χ1) is 9.77.